The van der Waals surface area contributed by atoms with Gasteiger partial charge in [0, 0.05) is 32.0 Å². The predicted molar refractivity (Wildman–Crippen MR) is 72.0 cm³/mol. The summed E-state index contributed by atoms with van der Waals surface area (Å²) in [5.74, 6) is 0.00587. The SMILES string of the molecule is CN(C)c1cccc(Oc2cncc(C(=O)O)c2)c1. The van der Waals surface area contributed by atoms with Crippen LogP contribution in [0.3, 0.4) is 0 Å². The van der Waals surface area contributed by atoms with Gasteiger partial charge in [0.15, 0.2) is 0 Å². The molecule has 2 rings (SSSR count). The number of aromatic nitrogens is 1. The zero-order chi connectivity index (χ0) is 13.8. The van der Waals surface area contributed by atoms with Gasteiger partial charge in [-0.2, -0.15) is 0 Å². The van der Waals surface area contributed by atoms with Crippen molar-refractivity contribution in [2.75, 3.05) is 19.0 Å². The minimum Gasteiger partial charge on any atom is -0.478 e. The van der Waals surface area contributed by atoms with Gasteiger partial charge in [-0.25, -0.2) is 4.79 Å². The molecule has 0 atom stereocenters. The number of hydrogen-bond acceptors (Lipinski definition) is 4. The van der Waals surface area contributed by atoms with Crippen molar-refractivity contribution in [2.45, 2.75) is 0 Å². The topological polar surface area (TPSA) is 62.7 Å². The van der Waals surface area contributed by atoms with E-state index in [-0.39, 0.29) is 5.56 Å². The van der Waals surface area contributed by atoms with Gasteiger partial charge in [-0.05, 0) is 18.2 Å². The summed E-state index contributed by atoms with van der Waals surface area (Å²) in [6.07, 6.45) is 2.76. The van der Waals surface area contributed by atoms with E-state index in [0.29, 0.717) is 11.5 Å². The number of carboxylic acid groups (broad SMARTS) is 1. The second kappa shape index (κ2) is 5.39. The number of hydrogen-bond donors (Lipinski definition) is 1. The molecule has 98 valence electrons. The number of aromatic carboxylic acids is 1. The molecular weight excluding hydrogens is 244 g/mol. The minimum atomic E-state index is -1.03. The normalized spacial score (nSPS) is 10.0. The molecule has 0 aliphatic rings. The molecule has 0 aliphatic carbocycles. The van der Waals surface area contributed by atoms with E-state index in [2.05, 4.69) is 4.98 Å². The van der Waals surface area contributed by atoms with Crippen molar-refractivity contribution in [3.8, 4) is 11.5 Å². The Morgan fingerprint density at radius 3 is 2.68 bits per heavy atom. The molecule has 1 N–H and O–H groups in total. The molecule has 0 fully saturated rings. The molecule has 0 unspecified atom stereocenters. The van der Waals surface area contributed by atoms with Gasteiger partial charge in [0.2, 0.25) is 0 Å². The van der Waals surface area contributed by atoms with Gasteiger partial charge in [-0.15, -0.1) is 0 Å². The molecule has 0 spiro atoms. The number of nitrogens with zero attached hydrogens (tertiary/aromatic N) is 2. The van der Waals surface area contributed by atoms with Gasteiger partial charge in [-0.3, -0.25) is 4.98 Å². The number of anilines is 1. The van der Waals surface area contributed by atoms with Crippen LogP contribution in [-0.2, 0) is 0 Å². The van der Waals surface area contributed by atoms with E-state index in [1.54, 1.807) is 6.07 Å². The summed E-state index contributed by atoms with van der Waals surface area (Å²) in [5, 5.41) is 8.89. The van der Waals surface area contributed by atoms with Crippen LogP contribution in [0, 0.1) is 0 Å². The molecular formula is C14H14N2O3. The maximum Gasteiger partial charge on any atom is 0.337 e. The fraction of sp³-hybridized carbons (Fsp3) is 0.143. The molecule has 0 bridgehead atoms. The molecule has 0 saturated heterocycles. The molecule has 5 heteroatoms. The van der Waals surface area contributed by atoms with E-state index in [4.69, 9.17) is 9.84 Å². The van der Waals surface area contributed by atoms with Crippen LogP contribution >= 0.6 is 0 Å². The standard InChI is InChI=1S/C14H14N2O3/c1-16(2)11-4-3-5-12(7-11)19-13-6-10(14(17)18)8-15-9-13/h3-9H,1-2H3,(H,17,18). The van der Waals surface area contributed by atoms with Crippen LogP contribution in [0.5, 0.6) is 11.5 Å². The molecule has 1 aromatic heterocycles. The number of pyridine rings is 1. The first kappa shape index (κ1) is 12.9. The smallest absolute Gasteiger partial charge is 0.337 e. The van der Waals surface area contributed by atoms with Crippen LogP contribution in [0.4, 0.5) is 5.69 Å². The van der Waals surface area contributed by atoms with Gasteiger partial charge in [-0.1, -0.05) is 6.07 Å². The first-order valence-corrected chi connectivity index (χ1v) is 5.70. The van der Waals surface area contributed by atoms with Crippen LogP contribution in [0.2, 0.25) is 0 Å². The molecule has 1 heterocycles. The van der Waals surface area contributed by atoms with Crippen LogP contribution < -0.4 is 9.64 Å². The van der Waals surface area contributed by atoms with Crippen LogP contribution in [-0.4, -0.2) is 30.2 Å². The monoisotopic (exact) mass is 258 g/mol. The summed E-state index contributed by atoms with van der Waals surface area (Å²) >= 11 is 0. The van der Waals surface area contributed by atoms with E-state index < -0.39 is 5.97 Å². The molecule has 0 radical (unpaired) electrons. The Labute approximate surface area is 111 Å². The largest absolute Gasteiger partial charge is 0.478 e. The van der Waals surface area contributed by atoms with E-state index >= 15 is 0 Å². The van der Waals surface area contributed by atoms with Crippen LogP contribution in [0.25, 0.3) is 0 Å². The zero-order valence-electron chi connectivity index (χ0n) is 10.7. The van der Waals surface area contributed by atoms with Crippen LogP contribution in [0.1, 0.15) is 10.4 Å². The third-order valence-corrected chi connectivity index (χ3v) is 2.53. The fourth-order valence-electron chi connectivity index (χ4n) is 1.55. The second-order valence-corrected chi connectivity index (χ2v) is 4.21. The molecule has 5 nitrogen and oxygen atoms in total. The lowest BCUT2D eigenvalue weighted by Crippen LogP contribution is -2.08. The van der Waals surface area contributed by atoms with E-state index in [1.165, 1.54) is 18.5 Å². The average Bonchev–Trinajstić information content (AvgIpc) is 2.39. The van der Waals surface area contributed by atoms with Gasteiger partial charge >= 0.3 is 5.97 Å². The van der Waals surface area contributed by atoms with Crippen LogP contribution in [0.15, 0.2) is 42.7 Å². The first-order valence-electron chi connectivity index (χ1n) is 5.70. The van der Waals surface area contributed by atoms with Gasteiger partial charge in [0.05, 0.1) is 11.8 Å². The number of carboxylic acids is 1. The summed E-state index contributed by atoms with van der Waals surface area (Å²) in [4.78, 5) is 16.6. The Balaban J connectivity index is 2.23. The van der Waals surface area contributed by atoms with Crippen molar-refractivity contribution in [3.05, 3.63) is 48.3 Å². The zero-order valence-corrected chi connectivity index (χ0v) is 10.7. The maximum absolute atomic E-state index is 10.8. The van der Waals surface area contributed by atoms with Crippen molar-refractivity contribution >= 4 is 11.7 Å². The summed E-state index contributed by atoms with van der Waals surface area (Å²) < 4.78 is 5.61. The number of carbonyl (C=O) groups is 1. The Morgan fingerprint density at radius 1 is 1.21 bits per heavy atom. The van der Waals surface area contributed by atoms with E-state index in [9.17, 15) is 4.79 Å². The highest BCUT2D eigenvalue weighted by atomic mass is 16.5. The lowest BCUT2D eigenvalue weighted by atomic mass is 10.2. The van der Waals surface area contributed by atoms with Crippen molar-refractivity contribution in [2.24, 2.45) is 0 Å². The molecule has 19 heavy (non-hydrogen) atoms. The van der Waals surface area contributed by atoms with Crippen molar-refractivity contribution in [1.29, 1.82) is 0 Å². The molecule has 2 aromatic rings. The van der Waals surface area contributed by atoms with Crippen molar-refractivity contribution in [3.63, 3.8) is 0 Å². The number of benzene rings is 1. The van der Waals surface area contributed by atoms with Gasteiger partial charge in [0.25, 0.3) is 0 Å². The highest BCUT2D eigenvalue weighted by Crippen LogP contribution is 2.25. The lowest BCUT2D eigenvalue weighted by Gasteiger charge is -2.13. The van der Waals surface area contributed by atoms with E-state index in [0.717, 1.165) is 5.69 Å². The third-order valence-electron chi connectivity index (χ3n) is 2.53. The van der Waals surface area contributed by atoms with Crippen molar-refractivity contribution < 1.29 is 14.6 Å². The Hall–Kier alpha value is -2.56. The molecule has 0 saturated carbocycles. The Bertz CT molecular complexity index is 597. The maximum atomic E-state index is 10.8. The summed E-state index contributed by atoms with van der Waals surface area (Å²) in [7, 11) is 3.87. The highest BCUT2D eigenvalue weighted by Gasteiger charge is 2.06. The summed E-state index contributed by atoms with van der Waals surface area (Å²) in [6.45, 7) is 0. The van der Waals surface area contributed by atoms with Crippen molar-refractivity contribution in [1.82, 2.24) is 4.98 Å². The number of ether oxygens (including phenoxy) is 1. The lowest BCUT2D eigenvalue weighted by molar-refractivity contribution is 0.0696. The fourth-order valence-corrected chi connectivity index (χ4v) is 1.55. The van der Waals surface area contributed by atoms with E-state index in [1.807, 2.05) is 37.2 Å². The highest BCUT2D eigenvalue weighted by molar-refractivity contribution is 5.87. The average molecular weight is 258 g/mol. The Kier molecular flexibility index (Phi) is 3.66. The molecule has 1 aromatic carbocycles. The Morgan fingerprint density at radius 2 is 2.00 bits per heavy atom. The second-order valence-electron chi connectivity index (χ2n) is 4.21. The molecule has 0 aliphatic heterocycles. The number of rotatable bonds is 4. The summed E-state index contributed by atoms with van der Waals surface area (Å²) in [6, 6.07) is 8.95. The predicted octanol–water partition coefficient (Wildman–Crippen LogP) is 2.64. The summed E-state index contributed by atoms with van der Waals surface area (Å²) in [5.41, 5.74) is 1.10. The third kappa shape index (κ3) is 3.22. The van der Waals surface area contributed by atoms with Gasteiger partial charge < -0.3 is 14.7 Å². The first-order chi connectivity index (χ1) is 9.06. The van der Waals surface area contributed by atoms with Gasteiger partial charge in [0.1, 0.15) is 11.5 Å². The quantitative estimate of drug-likeness (QED) is 0.913. The minimum absolute atomic E-state index is 0.0984. The molecule has 0 amide bonds.